The van der Waals surface area contributed by atoms with Crippen molar-refractivity contribution in [1.82, 2.24) is 4.90 Å². The fraction of sp³-hybridized carbons (Fsp3) is 0.333. The number of amides is 1. The highest BCUT2D eigenvalue weighted by Gasteiger charge is 2.24. The van der Waals surface area contributed by atoms with E-state index in [2.05, 4.69) is 0 Å². The van der Waals surface area contributed by atoms with Crippen molar-refractivity contribution in [3.05, 3.63) is 64.7 Å². The number of ether oxygens (including phenoxy) is 1. The summed E-state index contributed by atoms with van der Waals surface area (Å²) in [6, 6.07) is 12.1. The first kappa shape index (κ1) is 18.7. The van der Waals surface area contributed by atoms with Gasteiger partial charge in [0.2, 0.25) is 0 Å². The number of hydrogen-bond acceptors (Lipinski definition) is 3. The molecule has 0 saturated carbocycles. The molecule has 0 aliphatic carbocycles. The van der Waals surface area contributed by atoms with Gasteiger partial charge in [-0.15, -0.1) is 0 Å². The first-order chi connectivity index (χ1) is 11.8. The Balaban J connectivity index is 2.19. The Morgan fingerprint density at radius 1 is 1.04 bits per heavy atom. The van der Waals surface area contributed by atoms with E-state index in [4.69, 9.17) is 4.74 Å². The Kier molecular flexibility index (Phi) is 5.97. The number of hydrogen-bond donors (Lipinski definition) is 0. The molecule has 0 aliphatic rings. The van der Waals surface area contributed by atoms with Gasteiger partial charge in [0.1, 0.15) is 5.75 Å². The maximum atomic E-state index is 12.7. The number of ketones is 1. The third-order valence-electron chi connectivity index (χ3n) is 4.46. The lowest BCUT2D eigenvalue weighted by Gasteiger charge is -2.24. The first-order valence-electron chi connectivity index (χ1n) is 8.46. The van der Waals surface area contributed by atoms with E-state index in [9.17, 15) is 9.59 Å². The minimum Gasteiger partial charge on any atom is -0.494 e. The van der Waals surface area contributed by atoms with E-state index in [1.807, 2.05) is 45.0 Å². The molecule has 2 aromatic rings. The molecule has 0 heterocycles. The molecule has 0 N–H and O–H groups in total. The van der Waals surface area contributed by atoms with Crippen molar-refractivity contribution in [3.63, 3.8) is 0 Å². The van der Waals surface area contributed by atoms with E-state index in [0.717, 1.165) is 11.1 Å². The van der Waals surface area contributed by atoms with Crippen LogP contribution in [-0.2, 0) is 0 Å². The molecule has 4 nitrogen and oxygen atoms in total. The zero-order valence-corrected chi connectivity index (χ0v) is 15.5. The van der Waals surface area contributed by atoms with E-state index in [1.54, 1.807) is 32.2 Å². The summed E-state index contributed by atoms with van der Waals surface area (Å²) < 4.78 is 5.44. The Labute approximate surface area is 149 Å². The molecular weight excluding hydrogens is 314 g/mol. The Bertz CT molecular complexity index is 782. The molecule has 4 heteroatoms. The summed E-state index contributed by atoms with van der Waals surface area (Å²) in [7, 11) is 1.65. The Hall–Kier alpha value is -2.62. The maximum absolute atomic E-state index is 12.7. The lowest BCUT2D eigenvalue weighted by molar-refractivity contribution is 0.0674. The van der Waals surface area contributed by atoms with E-state index in [-0.39, 0.29) is 11.7 Å². The van der Waals surface area contributed by atoms with Crippen LogP contribution in [0.4, 0.5) is 0 Å². The van der Waals surface area contributed by atoms with Gasteiger partial charge in [-0.2, -0.15) is 0 Å². The maximum Gasteiger partial charge on any atom is 0.254 e. The van der Waals surface area contributed by atoms with Gasteiger partial charge in [0.15, 0.2) is 5.78 Å². The normalized spacial score (nSPS) is 11.7. The van der Waals surface area contributed by atoms with Crippen LogP contribution in [0.2, 0.25) is 0 Å². The van der Waals surface area contributed by atoms with Crippen LogP contribution >= 0.6 is 0 Å². The van der Waals surface area contributed by atoms with Crippen LogP contribution < -0.4 is 4.74 Å². The summed E-state index contributed by atoms with van der Waals surface area (Å²) in [4.78, 5) is 26.9. The summed E-state index contributed by atoms with van der Waals surface area (Å²) in [5, 5.41) is 0. The van der Waals surface area contributed by atoms with Crippen LogP contribution in [0.5, 0.6) is 5.75 Å². The van der Waals surface area contributed by atoms with Crippen molar-refractivity contribution in [2.24, 2.45) is 0 Å². The quantitative estimate of drug-likeness (QED) is 0.746. The SMILES string of the molecule is CCOc1cccc(C(=O)N(C)C(C)C(=O)c2ccc(C)c(C)c2)c1. The number of carbonyl (C=O) groups is 2. The molecule has 0 bridgehead atoms. The molecule has 0 spiro atoms. The number of benzene rings is 2. The van der Waals surface area contributed by atoms with Gasteiger partial charge in [0.25, 0.3) is 5.91 Å². The smallest absolute Gasteiger partial charge is 0.254 e. The first-order valence-corrected chi connectivity index (χ1v) is 8.46. The van der Waals surface area contributed by atoms with Gasteiger partial charge in [-0.1, -0.05) is 18.2 Å². The van der Waals surface area contributed by atoms with E-state index in [1.165, 1.54) is 4.90 Å². The van der Waals surface area contributed by atoms with Crippen molar-refractivity contribution < 1.29 is 14.3 Å². The van der Waals surface area contributed by atoms with Crippen LogP contribution in [0.25, 0.3) is 0 Å². The third-order valence-corrected chi connectivity index (χ3v) is 4.46. The van der Waals surface area contributed by atoms with Gasteiger partial charge in [-0.05, 0) is 63.1 Å². The number of Topliss-reactive ketones (excluding diaryl/α,β-unsaturated/α-hetero) is 1. The number of rotatable bonds is 6. The van der Waals surface area contributed by atoms with Crippen LogP contribution in [-0.4, -0.2) is 36.3 Å². The highest BCUT2D eigenvalue weighted by atomic mass is 16.5. The largest absolute Gasteiger partial charge is 0.494 e. The Morgan fingerprint density at radius 2 is 1.76 bits per heavy atom. The molecule has 0 saturated heterocycles. The predicted molar refractivity (Wildman–Crippen MR) is 99.4 cm³/mol. The van der Waals surface area contributed by atoms with Gasteiger partial charge in [0.05, 0.1) is 12.6 Å². The van der Waals surface area contributed by atoms with Crippen molar-refractivity contribution in [3.8, 4) is 5.75 Å². The minimum atomic E-state index is -0.551. The average Bonchev–Trinajstić information content (AvgIpc) is 2.62. The van der Waals surface area contributed by atoms with Crippen molar-refractivity contribution >= 4 is 11.7 Å². The van der Waals surface area contributed by atoms with Gasteiger partial charge in [-0.25, -0.2) is 0 Å². The van der Waals surface area contributed by atoms with Crippen LogP contribution in [0.15, 0.2) is 42.5 Å². The second-order valence-electron chi connectivity index (χ2n) is 6.22. The predicted octanol–water partition coefficient (Wildman–Crippen LogP) is 4.05. The molecular formula is C21H25NO3. The molecule has 2 aromatic carbocycles. The van der Waals surface area contributed by atoms with Crippen molar-refractivity contribution in [1.29, 1.82) is 0 Å². The fourth-order valence-corrected chi connectivity index (χ4v) is 2.58. The standard InChI is InChI=1S/C21H25NO3/c1-6-25-19-9-7-8-18(13-19)21(24)22(5)16(4)20(23)17-11-10-14(2)15(3)12-17/h7-13,16H,6H2,1-5H3. The second-order valence-corrected chi connectivity index (χ2v) is 6.22. The number of carbonyl (C=O) groups excluding carboxylic acids is 2. The summed E-state index contributed by atoms with van der Waals surface area (Å²) in [5.41, 5.74) is 3.34. The van der Waals surface area contributed by atoms with Gasteiger partial charge >= 0.3 is 0 Å². The van der Waals surface area contributed by atoms with Crippen LogP contribution in [0.3, 0.4) is 0 Å². The van der Waals surface area contributed by atoms with Gasteiger partial charge in [-0.3, -0.25) is 9.59 Å². The van der Waals surface area contributed by atoms with Gasteiger partial charge < -0.3 is 9.64 Å². The van der Waals surface area contributed by atoms with E-state index >= 15 is 0 Å². The molecule has 1 amide bonds. The van der Waals surface area contributed by atoms with Crippen LogP contribution in [0.1, 0.15) is 45.7 Å². The number of nitrogens with zero attached hydrogens (tertiary/aromatic N) is 1. The topological polar surface area (TPSA) is 46.6 Å². The molecule has 0 aliphatic heterocycles. The molecule has 25 heavy (non-hydrogen) atoms. The number of likely N-dealkylation sites (N-methyl/N-ethyl adjacent to an activating group) is 1. The zero-order chi connectivity index (χ0) is 18.6. The van der Waals surface area contributed by atoms with Gasteiger partial charge in [0, 0.05) is 18.2 Å². The van der Waals surface area contributed by atoms with E-state index < -0.39 is 6.04 Å². The van der Waals surface area contributed by atoms with E-state index in [0.29, 0.717) is 23.5 Å². The molecule has 2 rings (SSSR count). The van der Waals surface area contributed by atoms with Crippen molar-refractivity contribution in [2.45, 2.75) is 33.7 Å². The molecule has 1 unspecified atom stereocenters. The summed E-state index contributed by atoms with van der Waals surface area (Å²) in [5.74, 6) is 0.376. The monoisotopic (exact) mass is 339 g/mol. The highest BCUT2D eigenvalue weighted by molar-refractivity contribution is 6.04. The summed E-state index contributed by atoms with van der Waals surface area (Å²) >= 11 is 0. The molecule has 132 valence electrons. The molecule has 0 aromatic heterocycles. The highest BCUT2D eigenvalue weighted by Crippen LogP contribution is 2.18. The number of aryl methyl sites for hydroxylation is 2. The molecule has 0 fully saturated rings. The summed E-state index contributed by atoms with van der Waals surface area (Å²) in [6.07, 6.45) is 0. The average molecular weight is 339 g/mol. The molecule has 1 atom stereocenters. The summed E-state index contributed by atoms with van der Waals surface area (Å²) in [6.45, 7) is 8.17. The third kappa shape index (κ3) is 4.27. The van der Waals surface area contributed by atoms with Crippen molar-refractivity contribution in [2.75, 3.05) is 13.7 Å². The second kappa shape index (κ2) is 7.97. The fourth-order valence-electron chi connectivity index (χ4n) is 2.58. The minimum absolute atomic E-state index is 0.0695. The molecule has 0 radical (unpaired) electrons. The van der Waals surface area contributed by atoms with Crippen LogP contribution in [0, 0.1) is 13.8 Å². The lowest BCUT2D eigenvalue weighted by Crippen LogP contribution is -2.40. The Morgan fingerprint density at radius 3 is 2.40 bits per heavy atom. The zero-order valence-electron chi connectivity index (χ0n) is 15.5. The lowest BCUT2D eigenvalue weighted by atomic mass is 9.99.